The predicted molar refractivity (Wildman–Crippen MR) is 84.9 cm³/mol. The molecule has 1 aromatic carbocycles. The average Bonchev–Trinajstić information content (AvgIpc) is 2.70. The van der Waals surface area contributed by atoms with E-state index >= 15 is 0 Å². The van der Waals surface area contributed by atoms with Gasteiger partial charge in [-0.15, -0.1) is 0 Å². The quantitative estimate of drug-likeness (QED) is 0.917. The summed E-state index contributed by atoms with van der Waals surface area (Å²) in [6, 6.07) is 4.98. The third-order valence-corrected chi connectivity index (χ3v) is 6.51. The Morgan fingerprint density at radius 3 is 2.85 bits per heavy atom. The molecule has 1 heterocycles. The first-order chi connectivity index (χ1) is 9.55. The molecular formula is C13H19ClN2O2S2. The molecular weight excluding hydrogens is 316 g/mol. The van der Waals surface area contributed by atoms with Crippen LogP contribution in [-0.4, -0.2) is 44.4 Å². The van der Waals surface area contributed by atoms with E-state index in [0.717, 1.165) is 23.5 Å². The van der Waals surface area contributed by atoms with Crippen molar-refractivity contribution in [3.63, 3.8) is 0 Å². The maximum Gasteiger partial charge on any atom is 0.243 e. The molecule has 7 heteroatoms. The van der Waals surface area contributed by atoms with Crippen molar-refractivity contribution in [1.82, 2.24) is 9.62 Å². The maximum absolute atomic E-state index is 12.6. The van der Waals surface area contributed by atoms with Crippen LogP contribution >= 0.6 is 23.4 Å². The van der Waals surface area contributed by atoms with Crippen LogP contribution < -0.4 is 5.32 Å². The van der Waals surface area contributed by atoms with Gasteiger partial charge in [0.25, 0.3) is 0 Å². The number of thioether (sulfide) groups is 1. The van der Waals surface area contributed by atoms with Crippen molar-refractivity contribution in [3.05, 3.63) is 28.8 Å². The molecule has 0 atom stereocenters. The smallest absolute Gasteiger partial charge is 0.243 e. The fourth-order valence-corrected chi connectivity index (χ4v) is 4.96. The van der Waals surface area contributed by atoms with Crippen LogP contribution in [-0.2, 0) is 16.6 Å². The van der Waals surface area contributed by atoms with Crippen molar-refractivity contribution in [1.29, 1.82) is 0 Å². The number of sulfonamides is 1. The van der Waals surface area contributed by atoms with Gasteiger partial charge in [0.1, 0.15) is 0 Å². The molecule has 1 aliphatic heterocycles. The summed E-state index contributed by atoms with van der Waals surface area (Å²) in [4.78, 5) is 0.286. The second-order valence-corrected chi connectivity index (χ2v) is 8.22. The zero-order valence-electron chi connectivity index (χ0n) is 11.4. The van der Waals surface area contributed by atoms with Gasteiger partial charge >= 0.3 is 0 Å². The Balaban J connectivity index is 2.26. The molecule has 112 valence electrons. The SMILES string of the molecule is CNCc1ccc(S(=O)(=O)N2CCCSCC2)cc1Cl. The van der Waals surface area contributed by atoms with Crippen LogP contribution in [0.4, 0.5) is 0 Å². The van der Waals surface area contributed by atoms with E-state index in [-0.39, 0.29) is 4.90 Å². The monoisotopic (exact) mass is 334 g/mol. The summed E-state index contributed by atoms with van der Waals surface area (Å²) in [5, 5.41) is 3.50. The molecule has 0 radical (unpaired) electrons. The fraction of sp³-hybridized carbons (Fsp3) is 0.538. The minimum atomic E-state index is -3.42. The largest absolute Gasteiger partial charge is 0.316 e. The van der Waals surface area contributed by atoms with Crippen molar-refractivity contribution in [2.45, 2.75) is 17.9 Å². The maximum atomic E-state index is 12.6. The van der Waals surface area contributed by atoms with Crippen LogP contribution in [0.25, 0.3) is 0 Å². The highest BCUT2D eigenvalue weighted by Gasteiger charge is 2.25. The molecule has 1 saturated heterocycles. The lowest BCUT2D eigenvalue weighted by Crippen LogP contribution is -2.33. The minimum absolute atomic E-state index is 0.286. The first kappa shape index (κ1) is 16.1. The number of rotatable bonds is 4. The van der Waals surface area contributed by atoms with Crippen LogP contribution in [0.1, 0.15) is 12.0 Å². The van der Waals surface area contributed by atoms with E-state index in [1.54, 1.807) is 34.3 Å². The predicted octanol–water partition coefficient (Wildman–Crippen LogP) is 2.19. The van der Waals surface area contributed by atoms with Gasteiger partial charge in [-0.2, -0.15) is 16.1 Å². The Bertz CT molecular complexity index is 555. The second-order valence-electron chi connectivity index (χ2n) is 4.65. The molecule has 1 fully saturated rings. The van der Waals surface area contributed by atoms with E-state index in [1.807, 2.05) is 7.05 Å². The van der Waals surface area contributed by atoms with Crippen molar-refractivity contribution >= 4 is 33.4 Å². The number of benzene rings is 1. The van der Waals surface area contributed by atoms with Gasteiger partial charge < -0.3 is 5.32 Å². The summed E-state index contributed by atoms with van der Waals surface area (Å²) in [5.74, 6) is 1.87. The van der Waals surface area contributed by atoms with E-state index in [1.165, 1.54) is 0 Å². The van der Waals surface area contributed by atoms with Crippen molar-refractivity contribution < 1.29 is 8.42 Å². The summed E-state index contributed by atoms with van der Waals surface area (Å²) in [7, 11) is -1.60. The molecule has 0 aliphatic carbocycles. The molecule has 0 saturated carbocycles. The van der Waals surface area contributed by atoms with E-state index in [9.17, 15) is 8.42 Å². The topological polar surface area (TPSA) is 49.4 Å². The van der Waals surface area contributed by atoms with Crippen LogP contribution in [0.15, 0.2) is 23.1 Å². The van der Waals surface area contributed by atoms with Crippen LogP contribution in [0, 0.1) is 0 Å². The highest BCUT2D eigenvalue weighted by molar-refractivity contribution is 7.99. The lowest BCUT2D eigenvalue weighted by molar-refractivity contribution is 0.435. The van der Waals surface area contributed by atoms with E-state index in [4.69, 9.17) is 11.6 Å². The Morgan fingerprint density at radius 2 is 2.15 bits per heavy atom. The molecule has 1 aromatic rings. The van der Waals surface area contributed by atoms with Gasteiger partial charge in [-0.1, -0.05) is 17.7 Å². The average molecular weight is 335 g/mol. The Kier molecular flexibility index (Phi) is 5.74. The standard InChI is InChI=1S/C13H19ClN2O2S2/c1-15-10-11-3-4-12(9-13(11)14)20(17,18)16-5-2-7-19-8-6-16/h3-4,9,15H,2,5-8,10H2,1H3. The summed E-state index contributed by atoms with van der Waals surface area (Å²) < 4.78 is 26.8. The number of hydrogen-bond acceptors (Lipinski definition) is 4. The van der Waals surface area contributed by atoms with Crippen LogP contribution in [0.5, 0.6) is 0 Å². The van der Waals surface area contributed by atoms with Gasteiger partial charge in [0.15, 0.2) is 0 Å². The third kappa shape index (κ3) is 3.68. The molecule has 0 spiro atoms. The van der Waals surface area contributed by atoms with Gasteiger partial charge in [0, 0.05) is 30.4 Å². The molecule has 0 aromatic heterocycles. The molecule has 0 bridgehead atoms. The first-order valence-electron chi connectivity index (χ1n) is 6.56. The molecule has 0 amide bonds. The fourth-order valence-electron chi connectivity index (χ4n) is 2.13. The molecule has 20 heavy (non-hydrogen) atoms. The Labute approximate surface area is 129 Å². The summed E-state index contributed by atoms with van der Waals surface area (Å²) in [5.41, 5.74) is 0.902. The van der Waals surface area contributed by atoms with E-state index < -0.39 is 10.0 Å². The van der Waals surface area contributed by atoms with Gasteiger partial charge in [-0.05, 0) is 36.9 Å². The molecule has 1 aliphatic rings. The number of nitrogens with zero attached hydrogens (tertiary/aromatic N) is 1. The van der Waals surface area contributed by atoms with Crippen molar-refractivity contribution in [3.8, 4) is 0 Å². The number of hydrogen-bond donors (Lipinski definition) is 1. The molecule has 2 rings (SSSR count). The zero-order chi connectivity index (χ0) is 14.6. The normalized spacial score (nSPS) is 17.9. The number of nitrogens with one attached hydrogen (secondary N) is 1. The highest BCUT2D eigenvalue weighted by atomic mass is 35.5. The highest BCUT2D eigenvalue weighted by Crippen LogP contribution is 2.24. The summed E-state index contributed by atoms with van der Waals surface area (Å²) in [6.45, 7) is 1.79. The third-order valence-electron chi connectivity index (χ3n) is 3.21. The van der Waals surface area contributed by atoms with Crippen LogP contribution in [0.3, 0.4) is 0 Å². The summed E-state index contributed by atoms with van der Waals surface area (Å²) in [6.07, 6.45) is 0.898. The lowest BCUT2D eigenvalue weighted by Gasteiger charge is -2.20. The Morgan fingerprint density at radius 1 is 1.35 bits per heavy atom. The van der Waals surface area contributed by atoms with Crippen molar-refractivity contribution in [2.75, 3.05) is 31.6 Å². The Hall–Kier alpha value is -0.270. The first-order valence-corrected chi connectivity index (χ1v) is 9.54. The molecule has 1 N–H and O–H groups in total. The second kappa shape index (κ2) is 7.13. The molecule has 4 nitrogen and oxygen atoms in total. The van der Waals surface area contributed by atoms with Crippen LogP contribution in [0.2, 0.25) is 5.02 Å². The molecule has 0 unspecified atom stereocenters. The lowest BCUT2D eigenvalue weighted by atomic mass is 10.2. The zero-order valence-corrected chi connectivity index (χ0v) is 13.8. The van der Waals surface area contributed by atoms with Gasteiger partial charge in [-0.3, -0.25) is 0 Å². The van der Waals surface area contributed by atoms with Gasteiger partial charge in [0.05, 0.1) is 4.90 Å². The van der Waals surface area contributed by atoms with Crippen molar-refractivity contribution in [2.24, 2.45) is 0 Å². The number of halogens is 1. The van der Waals surface area contributed by atoms with E-state index in [2.05, 4.69) is 5.32 Å². The minimum Gasteiger partial charge on any atom is -0.316 e. The van der Waals surface area contributed by atoms with Gasteiger partial charge in [0.2, 0.25) is 10.0 Å². The van der Waals surface area contributed by atoms with E-state index in [0.29, 0.717) is 24.7 Å². The van der Waals surface area contributed by atoms with Gasteiger partial charge in [-0.25, -0.2) is 8.42 Å². The summed E-state index contributed by atoms with van der Waals surface area (Å²) >= 11 is 7.96.